The minimum Gasteiger partial charge on any atom is -0.255 e. The molecule has 226 valence electrons. The van der Waals surface area contributed by atoms with Gasteiger partial charge in [-0.1, -0.05) is 140 Å². The Bertz CT molecular complexity index is 2280. The van der Waals surface area contributed by atoms with Crippen LogP contribution in [-0.2, 0) is 0 Å². The second kappa shape index (κ2) is 13.1. The molecule has 0 bridgehead atoms. The zero-order chi connectivity index (χ0) is 32.1. The number of aromatic nitrogens is 4. The number of rotatable bonds is 7. The lowest BCUT2D eigenvalue weighted by atomic mass is 9.98. The zero-order valence-corrected chi connectivity index (χ0v) is 26.1. The maximum absolute atomic E-state index is 5.03. The number of hydrogen-bond acceptors (Lipinski definition) is 4. The van der Waals surface area contributed by atoms with E-state index in [1.165, 1.54) is 5.56 Å². The first-order valence-corrected chi connectivity index (χ1v) is 16.0. The van der Waals surface area contributed by atoms with Crippen molar-refractivity contribution >= 4 is 0 Å². The normalized spacial score (nSPS) is 10.9. The average molecular weight is 615 g/mol. The van der Waals surface area contributed by atoms with Crippen molar-refractivity contribution in [3.05, 3.63) is 182 Å². The summed E-state index contributed by atoms with van der Waals surface area (Å²) in [5.74, 6) is 0.704. The molecule has 0 atom stereocenters. The summed E-state index contributed by atoms with van der Waals surface area (Å²) in [6, 6.07) is 58.4. The van der Waals surface area contributed by atoms with E-state index >= 15 is 0 Å². The van der Waals surface area contributed by atoms with E-state index in [2.05, 4.69) is 131 Å². The molecular weight excluding hydrogens is 585 g/mol. The minimum absolute atomic E-state index is 0.704. The molecule has 0 aliphatic carbocycles. The summed E-state index contributed by atoms with van der Waals surface area (Å²) in [6.45, 7) is 0. The average Bonchev–Trinajstić information content (AvgIpc) is 3.19. The highest BCUT2D eigenvalue weighted by Crippen LogP contribution is 2.32. The number of nitrogens with zero attached hydrogens (tertiary/aromatic N) is 4. The van der Waals surface area contributed by atoms with Crippen molar-refractivity contribution in [2.24, 2.45) is 0 Å². The summed E-state index contributed by atoms with van der Waals surface area (Å²) in [5, 5.41) is 0. The maximum atomic E-state index is 5.03. The van der Waals surface area contributed by atoms with Gasteiger partial charge >= 0.3 is 0 Å². The quantitative estimate of drug-likeness (QED) is 0.179. The third-order valence-corrected chi connectivity index (χ3v) is 8.45. The molecule has 0 aliphatic heterocycles. The molecule has 5 aromatic carbocycles. The molecule has 0 saturated carbocycles. The number of benzene rings is 5. The molecule has 0 N–H and O–H groups in total. The molecule has 8 rings (SSSR count). The van der Waals surface area contributed by atoms with Gasteiger partial charge in [-0.3, -0.25) is 9.97 Å². The Morgan fingerprint density at radius 3 is 1.40 bits per heavy atom. The highest BCUT2D eigenvalue weighted by molar-refractivity contribution is 5.77. The van der Waals surface area contributed by atoms with Gasteiger partial charge in [0.1, 0.15) is 0 Å². The van der Waals surface area contributed by atoms with Gasteiger partial charge in [0.05, 0.1) is 22.8 Å². The Balaban J connectivity index is 1.08. The van der Waals surface area contributed by atoms with Crippen LogP contribution in [0.4, 0.5) is 0 Å². The largest absolute Gasteiger partial charge is 0.255 e. The van der Waals surface area contributed by atoms with Crippen LogP contribution >= 0.6 is 0 Å². The Hall–Kier alpha value is -6.52. The SMILES string of the molecule is c1ccc(-c2cccc(-c3cc(-c4ccc(-c5ccc(-c6ccc(-c7ccccn7)nc6)cc5)cc4)nc(-c4ccccc4)n3)c2)cc1. The van der Waals surface area contributed by atoms with Crippen LogP contribution in [0.5, 0.6) is 0 Å². The van der Waals surface area contributed by atoms with Crippen LogP contribution in [0.2, 0.25) is 0 Å². The Kier molecular flexibility index (Phi) is 7.87. The van der Waals surface area contributed by atoms with Crippen molar-refractivity contribution in [2.75, 3.05) is 0 Å². The molecule has 0 aliphatic rings. The van der Waals surface area contributed by atoms with Crippen LogP contribution in [-0.4, -0.2) is 19.9 Å². The molecule has 0 radical (unpaired) electrons. The lowest BCUT2D eigenvalue weighted by Gasteiger charge is -2.11. The summed E-state index contributed by atoms with van der Waals surface area (Å²) in [7, 11) is 0. The molecule has 4 nitrogen and oxygen atoms in total. The van der Waals surface area contributed by atoms with Crippen LogP contribution in [0.25, 0.3) is 78.7 Å². The van der Waals surface area contributed by atoms with Gasteiger partial charge < -0.3 is 0 Å². The molecule has 3 aromatic heterocycles. The summed E-state index contributed by atoms with van der Waals surface area (Å²) in [5.41, 5.74) is 13.4. The molecule has 8 aromatic rings. The van der Waals surface area contributed by atoms with Gasteiger partial charge in [-0.2, -0.15) is 0 Å². The Morgan fingerprint density at radius 2 is 0.771 bits per heavy atom. The van der Waals surface area contributed by atoms with Crippen LogP contribution < -0.4 is 0 Å². The van der Waals surface area contributed by atoms with Crippen molar-refractivity contribution in [3.63, 3.8) is 0 Å². The van der Waals surface area contributed by atoms with Crippen LogP contribution in [0.15, 0.2) is 182 Å². The lowest BCUT2D eigenvalue weighted by Crippen LogP contribution is -1.96. The molecule has 0 amide bonds. The van der Waals surface area contributed by atoms with Crippen molar-refractivity contribution < 1.29 is 0 Å². The molecule has 0 spiro atoms. The molecule has 0 fully saturated rings. The second-order valence-electron chi connectivity index (χ2n) is 11.6. The van der Waals surface area contributed by atoms with E-state index in [9.17, 15) is 0 Å². The predicted octanol–water partition coefficient (Wildman–Crippen LogP) is 10.9. The van der Waals surface area contributed by atoms with E-state index in [-0.39, 0.29) is 0 Å². The molecule has 4 heteroatoms. The van der Waals surface area contributed by atoms with E-state index in [1.54, 1.807) is 6.20 Å². The van der Waals surface area contributed by atoms with Crippen molar-refractivity contribution in [3.8, 4) is 78.7 Å². The van der Waals surface area contributed by atoms with Gasteiger partial charge in [-0.15, -0.1) is 0 Å². The van der Waals surface area contributed by atoms with Gasteiger partial charge in [0.25, 0.3) is 0 Å². The molecule has 48 heavy (non-hydrogen) atoms. The fraction of sp³-hybridized carbons (Fsp3) is 0. The van der Waals surface area contributed by atoms with Gasteiger partial charge in [0, 0.05) is 34.6 Å². The first-order chi connectivity index (χ1) is 23.8. The molecule has 0 unspecified atom stereocenters. The van der Waals surface area contributed by atoms with Gasteiger partial charge in [-0.25, -0.2) is 9.97 Å². The zero-order valence-electron chi connectivity index (χ0n) is 26.1. The summed E-state index contributed by atoms with van der Waals surface area (Å²) < 4.78 is 0. The van der Waals surface area contributed by atoms with Crippen molar-refractivity contribution in [2.45, 2.75) is 0 Å². The fourth-order valence-corrected chi connectivity index (χ4v) is 5.87. The van der Waals surface area contributed by atoms with Crippen LogP contribution in [0.3, 0.4) is 0 Å². The van der Waals surface area contributed by atoms with E-state index in [0.29, 0.717) is 5.82 Å². The van der Waals surface area contributed by atoms with E-state index < -0.39 is 0 Å². The third kappa shape index (κ3) is 6.15. The summed E-state index contributed by atoms with van der Waals surface area (Å²) >= 11 is 0. The number of hydrogen-bond donors (Lipinski definition) is 0. The predicted molar refractivity (Wildman–Crippen MR) is 196 cm³/mol. The standard InChI is InChI=1S/C44H30N4/c1-3-10-31(11-4-1)37-14-9-15-38(28-37)43-29-42(47-44(48-43)36-12-5-2-6-13-36)35-23-21-33(22-24-35)32-17-19-34(20-18-32)39-25-26-41(46-30-39)40-16-7-8-27-45-40/h1-30H. The lowest BCUT2D eigenvalue weighted by molar-refractivity contribution is 1.18. The molecule has 3 heterocycles. The van der Waals surface area contributed by atoms with E-state index in [0.717, 1.165) is 67.3 Å². The number of pyridine rings is 2. The fourth-order valence-electron chi connectivity index (χ4n) is 5.87. The van der Waals surface area contributed by atoms with Gasteiger partial charge in [0.2, 0.25) is 0 Å². The van der Waals surface area contributed by atoms with Crippen molar-refractivity contribution in [1.29, 1.82) is 0 Å². The summed E-state index contributed by atoms with van der Waals surface area (Å²) in [4.78, 5) is 19.1. The van der Waals surface area contributed by atoms with Crippen LogP contribution in [0.1, 0.15) is 0 Å². The highest BCUT2D eigenvalue weighted by atomic mass is 14.9. The third-order valence-electron chi connectivity index (χ3n) is 8.45. The first-order valence-electron chi connectivity index (χ1n) is 16.0. The topological polar surface area (TPSA) is 51.6 Å². The van der Waals surface area contributed by atoms with E-state index in [4.69, 9.17) is 9.97 Å². The monoisotopic (exact) mass is 614 g/mol. The van der Waals surface area contributed by atoms with Gasteiger partial charge in [-0.05, 0) is 58.1 Å². The maximum Gasteiger partial charge on any atom is 0.160 e. The molecule has 0 saturated heterocycles. The van der Waals surface area contributed by atoms with Crippen molar-refractivity contribution in [1.82, 2.24) is 19.9 Å². The van der Waals surface area contributed by atoms with Crippen LogP contribution in [0, 0.1) is 0 Å². The molecular formula is C44H30N4. The second-order valence-corrected chi connectivity index (χ2v) is 11.6. The van der Waals surface area contributed by atoms with Gasteiger partial charge in [0.15, 0.2) is 5.82 Å². The Morgan fingerprint density at radius 1 is 0.271 bits per heavy atom. The summed E-state index contributed by atoms with van der Waals surface area (Å²) in [6.07, 6.45) is 3.69. The van der Waals surface area contributed by atoms with E-state index in [1.807, 2.05) is 54.7 Å². The Labute approximate surface area is 280 Å². The minimum atomic E-state index is 0.704. The highest BCUT2D eigenvalue weighted by Gasteiger charge is 2.12. The first kappa shape index (κ1) is 28.9. The smallest absolute Gasteiger partial charge is 0.160 e.